The van der Waals surface area contributed by atoms with E-state index < -0.39 is 0 Å². The molecule has 1 aliphatic heterocycles. The maximum atomic E-state index is 4.31. The third-order valence-electron chi connectivity index (χ3n) is 4.42. The molecule has 1 saturated heterocycles. The molecule has 0 aliphatic carbocycles. The Morgan fingerprint density at radius 2 is 1.96 bits per heavy atom. The molecule has 23 heavy (non-hydrogen) atoms. The number of halogens is 1. The van der Waals surface area contributed by atoms with Gasteiger partial charge < -0.3 is 20.1 Å². The van der Waals surface area contributed by atoms with E-state index in [9.17, 15) is 0 Å². The number of aliphatic imine (C=N–C) groups is 1. The Balaban J connectivity index is 0.00000264. The van der Waals surface area contributed by atoms with Crippen LogP contribution in [0.1, 0.15) is 38.3 Å². The number of hydrogen-bond acceptors (Lipinski definition) is 4. The Bertz CT molecular complexity index is 504. The van der Waals surface area contributed by atoms with Crippen LogP contribution < -0.4 is 10.6 Å². The quantitative estimate of drug-likeness (QED) is 0.424. The first-order chi connectivity index (χ1) is 10.5. The van der Waals surface area contributed by atoms with Gasteiger partial charge in [0.2, 0.25) is 0 Å². The summed E-state index contributed by atoms with van der Waals surface area (Å²) in [5.41, 5.74) is 0. The third kappa shape index (κ3) is 5.59. The zero-order valence-electron chi connectivity index (χ0n) is 14.8. The lowest BCUT2D eigenvalue weighted by Crippen LogP contribution is -2.49. The van der Waals surface area contributed by atoms with Crippen molar-refractivity contribution < 1.29 is 0 Å². The second kappa shape index (κ2) is 9.41. The first-order valence-electron chi connectivity index (χ1n) is 8.07. The van der Waals surface area contributed by atoms with Crippen LogP contribution in [0.25, 0.3) is 0 Å². The molecule has 2 heterocycles. The first kappa shape index (κ1) is 20.1. The van der Waals surface area contributed by atoms with Gasteiger partial charge in [0.15, 0.2) is 11.8 Å². The van der Waals surface area contributed by atoms with E-state index >= 15 is 0 Å². The molecule has 2 rings (SSSR count). The molecule has 0 atom stereocenters. The lowest BCUT2D eigenvalue weighted by Gasteiger charge is -2.35. The van der Waals surface area contributed by atoms with Crippen LogP contribution in [0.3, 0.4) is 0 Å². The van der Waals surface area contributed by atoms with Gasteiger partial charge in [0.1, 0.15) is 5.82 Å². The number of nitrogens with zero attached hydrogens (tertiary/aromatic N) is 5. The van der Waals surface area contributed by atoms with Crippen LogP contribution in [0.5, 0.6) is 0 Å². The average Bonchev–Trinajstić information content (AvgIpc) is 2.83. The van der Waals surface area contributed by atoms with Gasteiger partial charge in [-0.3, -0.25) is 4.99 Å². The minimum atomic E-state index is 0. The number of nitrogens with one attached hydrogen (secondary N) is 2. The molecule has 0 aromatic carbocycles. The van der Waals surface area contributed by atoms with Crippen molar-refractivity contribution in [2.45, 2.75) is 52.2 Å². The highest BCUT2D eigenvalue weighted by molar-refractivity contribution is 14.0. The summed E-state index contributed by atoms with van der Waals surface area (Å²) in [6.07, 6.45) is 2.31. The fraction of sp³-hybridized carbons (Fsp3) is 0.800. The third-order valence-corrected chi connectivity index (χ3v) is 4.42. The van der Waals surface area contributed by atoms with Gasteiger partial charge in [0, 0.05) is 39.3 Å². The average molecular weight is 435 g/mol. The van der Waals surface area contributed by atoms with E-state index in [1.807, 2.05) is 18.5 Å². The van der Waals surface area contributed by atoms with Crippen molar-refractivity contribution in [3.63, 3.8) is 0 Å². The number of aromatic nitrogens is 3. The van der Waals surface area contributed by atoms with Gasteiger partial charge in [0.05, 0.1) is 6.54 Å². The summed E-state index contributed by atoms with van der Waals surface area (Å²) in [5.74, 6) is 2.67. The number of rotatable bonds is 4. The zero-order valence-corrected chi connectivity index (χ0v) is 17.2. The molecule has 1 aromatic rings. The highest BCUT2D eigenvalue weighted by Gasteiger charge is 2.21. The lowest BCUT2D eigenvalue weighted by molar-refractivity contribution is 0.167. The second-order valence-corrected chi connectivity index (χ2v) is 6.20. The Kier molecular flexibility index (Phi) is 8.24. The molecule has 2 N–H and O–H groups in total. The molecule has 8 heteroatoms. The molecule has 7 nitrogen and oxygen atoms in total. The van der Waals surface area contributed by atoms with Crippen LogP contribution in [-0.2, 0) is 13.6 Å². The smallest absolute Gasteiger partial charge is 0.191 e. The summed E-state index contributed by atoms with van der Waals surface area (Å²) in [6, 6.07) is 1.12. The van der Waals surface area contributed by atoms with Gasteiger partial charge in [-0.2, -0.15) is 0 Å². The van der Waals surface area contributed by atoms with Crippen molar-refractivity contribution in [1.29, 1.82) is 0 Å². The van der Waals surface area contributed by atoms with Gasteiger partial charge in [-0.05, 0) is 33.6 Å². The van der Waals surface area contributed by atoms with Crippen LogP contribution in [0, 0.1) is 6.92 Å². The Hall–Kier alpha value is -0.900. The molecule has 0 bridgehead atoms. The molecule has 0 spiro atoms. The summed E-state index contributed by atoms with van der Waals surface area (Å²) in [5, 5.41) is 15.1. The summed E-state index contributed by atoms with van der Waals surface area (Å²) < 4.78 is 1.99. The van der Waals surface area contributed by atoms with Crippen molar-refractivity contribution in [3.8, 4) is 0 Å². The maximum absolute atomic E-state index is 4.31. The summed E-state index contributed by atoms with van der Waals surface area (Å²) >= 11 is 0. The fourth-order valence-corrected chi connectivity index (χ4v) is 2.72. The normalized spacial score (nSPS) is 17.2. The van der Waals surface area contributed by atoms with Crippen LogP contribution in [0.4, 0.5) is 0 Å². The van der Waals surface area contributed by atoms with Crippen LogP contribution in [-0.4, -0.2) is 57.8 Å². The van der Waals surface area contributed by atoms with E-state index in [4.69, 9.17) is 0 Å². The number of piperidine rings is 1. The molecule has 1 fully saturated rings. The van der Waals surface area contributed by atoms with Gasteiger partial charge in [-0.1, -0.05) is 0 Å². The molecule has 1 aromatic heterocycles. The Morgan fingerprint density at radius 1 is 1.30 bits per heavy atom. The van der Waals surface area contributed by atoms with Crippen LogP contribution in [0.2, 0.25) is 0 Å². The standard InChI is InChI=1S/C15H29N7.HI/c1-11(2)22-8-6-13(7-9-22)18-15(16-4)17-10-14-20-19-12(3)21(14)5;/h11,13H,6-10H2,1-5H3,(H2,16,17,18);1H. The maximum Gasteiger partial charge on any atom is 0.191 e. The van der Waals surface area contributed by atoms with Gasteiger partial charge in [0.25, 0.3) is 0 Å². The Morgan fingerprint density at radius 3 is 2.43 bits per heavy atom. The summed E-state index contributed by atoms with van der Waals surface area (Å²) in [7, 11) is 3.78. The monoisotopic (exact) mass is 435 g/mol. The van der Waals surface area contributed by atoms with E-state index in [0.29, 0.717) is 18.6 Å². The SMILES string of the molecule is CN=C(NCc1nnc(C)n1C)NC1CCN(C(C)C)CC1.I. The summed E-state index contributed by atoms with van der Waals surface area (Å²) in [6.45, 7) is 9.39. The number of guanidine groups is 1. The predicted molar refractivity (Wildman–Crippen MR) is 104 cm³/mol. The van der Waals surface area contributed by atoms with Crippen LogP contribution >= 0.6 is 24.0 Å². The lowest BCUT2D eigenvalue weighted by atomic mass is 10.0. The highest BCUT2D eigenvalue weighted by atomic mass is 127. The number of aryl methyl sites for hydroxylation is 1. The van der Waals surface area contributed by atoms with E-state index in [2.05, 4.69) is 44.6 Å². The topological polar surface area (TPSA) is 70.4 Å². The molecule has 1 aliphatic rings. The van der Waals surface area contributed by atoms with E-state index in [0.717, 1.165) is 43.5 Å². The molecular weight excluding hydrogens is 405 g/mol. The van der Waals surface area contributed by atoms with E-state index in [1.165, 1.54) is 0 Å². The predicted octanol–water partition coefficient (Wildman–Crippen LogP) is 1.28. The molecular formula is C15H30IN7. The van der Waals surface area contributed by atoms with Crippen molar-refractivity contribution in [2.75, 3.05) is 20.1 Å². The first-order valence-corrected chi connectivity index (χ1v) is 8.07. The van der Waals surface area contributed by atoms with Crippen molar-refractivity contribution in [2.24, 2.45) is 12.0 Å². The highest BCUT2D eigenvalue weighted by Crippen LogP contribution is 2.12. The summed E-state index contributed by atoms with van der Waals surface area (Å²) in [4.78, 5) is 6.84. The van der Waals surface area contributed by atoms with Gasteiger partial charge in [-0.25, -0.2) is 0 Å². The minimum Gasteiger partial charge on any atom is -0.354 e. The van der Waals surface area contributed by atoms with Crippen molar-refractivity contribution in [1.82, 2.24) is 30.3 Å². The largest absolute Gasteiger partial charge is 0.354 e. The second-order valence-electron chi connectivity index (χ2n) is 6.20. The van der Waals surface area contributed by atoms with Crippen molar-refractivity contribution >= 4 is 29.9 Å². The van der Waals surface area contributed by atoms with Gasteiger partial charge in [-0.15, -0.1) is 34.2 Å². The Labute approximate surface area is 156 Å². The fourth-order valence-electron chi connectivity index (χ4n) is 2.72. The zero-order chi connectivity index (χ0) is 16.1. The van der Waals surface area contributed by atoms with Crippen LogP contribution in [0.15, 0.2) is 4.99 Å². The van der Waals surface area contributed by atoms with Gasteiger partial charge >= 0.3 is 0 Å². The number of hydrogen-bond donors (Lipinski definition) is 2. The molecule has 132 valence electrons. The van der Waals surface area contributed by atoms with E-state index in [1.54, 1.807) is 7.05 Å². The van der Waals surface area contributed by atoms with E-state index in [-0.39, 0.29) is 24.0 Å². The van der Waals surface area contributed by atoms with Crippen molar-refractivity contribution in [3.05, 3.63) is 11.6 Å². The minimum absolute atomic E-state index is 0. The molecule has 0 saturated carbocycles. The molecule has 0 unspecified atom stereocenters. The molecule has 0 amide bonds. The number of likely N-dealkylation sites (tertiary alicyclic amines) is 1. The molecule has 0 radical (unpaired) electrons.